The monoisotopic (exact) mass is 565 g/mol. The highest BCUT2D eigenvalue weighted by Gasteiger charge is 2.44. The number of carbonyl (C=O) groups excluding carboxylic acids is 1. The predicted molar refractivity (Wildman–Crippen MR) is 142 cm³/mol. The van der Waals surface area contributed by atoms with E-state index in [1.165, 1.54) is 6.07 Å². The lowest BCUT2D eigenvalue weighted by Crippen LogP contribution is -2.41. The van der Waals surface area contributed by atoms with Crippen LogP contribution < -0.4 is 16.0 Å². The first kappa shape index (κ1) is 25.3. The van der Waals surface area contributed by atoms with E-state index in [-0.39, 0.29) is 41.2 Å². The molecule has 0 radical (unpaired) electrons. The summed E-state index contributed by atoms with van der Waals surface area (Å²) in [6.07, 6.45) is 4.23. The Hall–Kier alpha value is -2.36. The van der Waals surface area contributed by atoms with Crippen LogP contribution in [0.3, 0.4) is 0 Å². The highest BCUT2D eigenvalue weighted by molar-refractivity contribution is 14.0. The van der Waals surface area contributed by atoms with E-state index < -0.39 is 0 Å². The highest BCUT2D eigenvalue weighted by Crippen LogP contribution is 2.47. The topological polar surface area (TPSA) is 68.8 Å². The van der Waals surface area contributed by atoms with Gasteiger partial charge in [0, 0.05) is 37.3 Å². The number of urea groups is 1. The molecule has 0 aromatic heterocycles. The molecule has 2 amide bonds. The number of likely N-dealkylation sites (tertiary alicyclic amines) is 1. The maximum atomic E-state index is 13.7. The van der Waals surface area contributed by atoms with Gasteiger partial charge in [-0.25, -0.2) is 14.2 Å². The first-order chi connectivity index (χ1) is 15.6. The minimum absolute atomic E-state index is 0. The van der Waals surface area contributed by atoms with Crippen LogP contribution in [0, 0.1) is 5.82 Å². The first-order valence-corrected chi connectivity index (χ1v) is 11.5. The Bertz CT molecular complexity index is 973. The molecule has 2 aromatic rings. The summed E-state index contributed by atoms with van der Waals surface area (Å²) in [6.45, 7) is 5.65. The molecule has 1 saturated heterocycles. The molecule has 4 rings (SSSR count). The Morgan fingerprint density at radius 1 is 1.09 bits per heavy atom. The molecular formula is C25H33FIN5O. The summed E-state index contributed by atoms with van der Waals surface area (Å²) in [5.74, 6) is 0.549. The summed E-state index contributed by atoms with van der Waals surface area (Å²) in [7, 11) is 0. The Kier molecular flexibility index (Phi) is 8.94. The van der Waals surface area contributed by atoms with Gasteiger partial charge in [0.1, 0.15) is 5.82 Å². The summed E-state index contributed by atoms with van der Waals surface area (Å²) in [5.41, 5.74) is 2.84. The molecule has 0 bridgehead atoms. The van der Waals surface area contributed by atoms with Gasteiger partial charge in [0.15, 0.2) is 5.96 Å². The average Bonchev–Trinajstić information content (AvgIpc) is 3.38. The number of carbonyl (C=O) groups is 1. The third-order valence-corrected chi connectivity index (χ3v) is 6.22. The molecule has 1 saturated carbocycles. The van der Waals surface area contributed by atoms with Crippen molar-refractivity contribution in [3.63, 3.8) is 0 Å². The molecule has 2 aromatic carbocycles. The number of aliphatic imine (C=N–C) groups is 1. The van der Waals surface area contributed by atoms with E-state index in [1.54, 1.807) is 12.1 Å². The molecule has 1 heterocycles. The van der Waals surface area contributed by atoms with Gasteiger partial charge in [0.2, 0.25) is 0 Å². The summed E-state index contributed by atoms with van der Waals surface area (Å²) in [5, 5.41) is 9.71. The lowest BCUT2D eigenvalue weighted by Gasteiger charge is -2.19. The molecule has 2 aliphatic rings. The highest BCUT2D eigenvalue weighted by atomic mass is 127. The average molecular weight is 565 g/mol. The zero-order valence-corrected chi connectivity index (χ0v) is 21.4. The fourth-order valence-corrected chi connectivity index (χ4v) is 4.17. The molecular weight excluding hydrogens is 532 g/mol. The van der Waals surface area contributed by atoms with Crippen LogP contribution in [0.1, 0.15) is 43.7 Å². The molecule has 0 spiro atoms. The Balaban J connectivity index is 0.00000306. The number of amides is 2. The molecule has 0 atom stereocenters. The van der Waals surface area contributed by atoms with Crippen LogP contribution >= 0.6 is 24.0 Å². The van der Waals surface area contributed by atoms with Crippen molar-refractivity contribution in [2.24, 2.45) is 4.99 Å². The standard InChI is InChI=1S/C25H32FN5O.HI/c1-2-27-23(29-18-25(11-12-25)20-8-6-9-21(26)16-20)28-17-19-7-5-10-22(15-19)30-24(32)31-13-3-4-14-31;/h5-10,15-16H,2-4,11-14,17-18H2,1H3,(H,30,32)(H2,27,28,29);1H. The Morgan fingerprint density at radius 3 is 2.55 bits per heavy atom. The number of anilines is 1. The van der Waals surface area contributed by atoms with Gasteiger partial charge in [-0.3, -0.25) is 0 Å². The number of hydrogen-bond donors (Lipinski definition) is 3. The lowest BCUT2D eigenvalue weighted by atomic mass is 9.96. The largest absolute Gasteiger partial charge is 0.357 e. The maximum Gasteiger partial charge on any atom is 0.321 e. The van der Waals surface area contributed by atoms with Gasteiger partial charge in [0.25, 0.3) is 0 Å². The van der Waals surface area contributed by atoms with Gasteiger partial charge < -0.3 is 20.9 Å². The molecule has 2 fully saturated rings. The van der Waals surface area contributed by atoms with Gasteiger partial charge in [-0.1, -0.05) is 24.3 Å². The molecule has 1 aliphatic heterocycles. The van der Waals surface area contributed by atoms with Crippen molar-refractivity contribution in [2.45, 2.75) is 44.6 Å². The molecule has 8 heteroatoms. The minimum Gasteiger partial charge on any atom is -0.357 e. The number of benzene rings is 2. The van der Waals surface area contributed by atoms with E-state index in [9.17, 15) is 9.18 Å². The second-order valence-corrected chi connectivity index (χ2v) is 8.66. The Labute approximate surface area is 212 Å². The summed E-state index contributed by atoms with van der Waals surface area (Å²) in [4.78, 5) is 18.9. The van der Waals surface area contributed by atoms with E-state index in [1.807, 2.05) is 42.2 Å². The molecule has 33 heavy (non-hydrogen) atoms. The normalized spacial score (nSPS) is 16.7. The molecule has 0 unspecified atom stereocenters. The first-order valence-electron chi connectivity index (χ1n) is 11.5. The molecule has 6 nitrogen and oxygen atoms in total. The number of nitrogens with one attached hydrogen (secondary N) is 3. The maximum absolute atomic E-state index is 13.7. The SMILES string of the molecule is CCNC(=NCc1cccc(NC(=O)N2CCCC2)c1)NCC1(c2cccc(F)c2)CC1.I. The number of guanidine groups is 1. The van der Waals surface area contributed by atoms with Crippen LogP contribution in [0.2, 0.25) is 0 Å². The quantitative estimate of drug-likeness (QED) is 0.255. The van der Waals surface area contributed by atoms with E-state index in [2.05, 4.69) is 16.0 Å². The van der Waals surface area contributed by atoms with E-state index in [0.717, 1.165) is 68.1 Å². The van der Waals surface area contributed by atoms with Gasteiger partial charge >= 0.3 is 6.03 Å². The zero-order chi connectivity index (χ0) is 22.4. The summed E-state index contributed by atoms with van der Waals surface area (Å²) >= 11 is 0. The minimum atomic E-state index is -0.189. The number of hydrogen-bond acceptors (Lipinski definition) is 2. The van der Waals surface area contributed by atoms with Crippen LogP contribution in [-0.4, -0.2) is 43.1 Å². The lowest BCUT2D eigenvalue weighted by molar-refractivity contribution is 0.222. The van der Waals surface area contributed by atoms with Crippen LogP contribution in [0.25, 0.3) is 0 Å². The van der Waals surface area contributed by atoms with Gasteiger partial charge in [-0.2, -0.15) is 0 Å². The van der Waals surface area contributed by atoms with Crippen molar-refractivity contribution < 1.29 is 9.18 Å². The van der Waals surface area contributed by atoms with Crippen molar-refractivity contribution >= 4 is 41.7 Å². The van der Waals surface area contributed by atoms with Crippen molar-refractivity contribution in [3.05, 3.63) is 65.5 Å². The molecule has 3 N–H and O–H groups in total. The third-order valence-electron chi connectivity index (χ3n) is 6.22. The van der Waals surface area contributed by atoms with Crippen molar-refractivity contribution in [1.29, 1.82) is 0 Å². The van der Waals surface area contributed by atoms with E-state index >= 15 is 0 Å². The van der Waals surface area contributed by atoms with Gasteiger partial charge in [-0.05, 0) is 68.0 Å². The smallest absolute Gasteiger partial charge is 0.321 e. The second kappa shape index (κ2) is 11.7. The van der Waals surface area contributed by atoms with Crippen LogP contribution in [0.4, 0.5) is 14.9 Å². The second-order valence-electron chi connectivity index (χ2n) is 8.66. The van der Waals surface area contributed by atoms with Gasteiger partial charge in [-0.15, -0.1) is 24.0 Å². The van der Waals surface area contributed by atoms with Crippen molar-refractivity contribution in [1.82, 2.24) is 15.5 Å². The van der Waals surface area contributed by atoms with Crippen molar-refractivity contribution in [2.75, 3.05) is 31.5 Å². The number of halogens is 2. The summed E-state index contributed by atoms with van der Waals surface area (Å²) in [6, 6.07) is 14.7. The zero-order valence-electron chi connectivity index (χ0n) is 19.1. The van der Waals surface area contributed by atoms with Crippen LogP contribution in [0.5, 0.6) is 0 Å². The van der Waals surface area contributed by atoms with E-state index in [0.29, 0.717) is 13.1 Å². The third kappa shape index (κ3) is 6.82. The van der Waals surface area contributed by atoms with Gasteiger partial charge in [0.05, 0.1) is 6.54 Å². The molecule has 1 aliphatic carbocycles. The fraction of sp³-hybridized carbons (Fsp3) is 0.440. The fourth-order valence-electron chi connectivity index (χ4n) is 4.17. The van der Waals surface area contributed by atoms with Crippen LogP contribution in [-0.2, 0) is 12.0 Å². The Morgan fingerprint density at radius 2 is 1.85 bits per heavy atom. The number of nitrogens with zero attached hydrogens (tertiary/aromatic N) is 2. The van der Waals surface area contributed by atoms with E-state index in [4.69, 9.17) is 4.99 Å². The summed E-state index contributed by atoms with van der Waals surface area (Å²) < 4.78 is 13.7. The number of rotatable bonds is 7. The molecule has 178 valence electrons. The van der Waals surface area contributed by atoms with Crippen LogP contribution in [0.15, 0.2) is 53.5 Å². The predicted octanol–water partition coefficient (Wildman–Crippen LogP) is 4.86. The van der Waals surface area contributed by atoms with Crippen molar-refractivity contribution in [3.8, 4) is 0 Å².